The largest absolute Gasteiger partial charge is 0.392 e. The lowest BCUT2D eigenvalue weighted by Gasteiger charge is -2.34. The molecule has 6 heteroatoms. The molecule has 2 unspecified atom stereocenters. The van der Waals surface area contributed by atoms with Crippen molar-refractivity contribution in [2.45, 2.75) is 31.7 Å². The van der Waals surface area contributed by atoms with Crippen LogP contribution in [0.4, 0.5) is 0 Å². The highest BCUT2D eigenvalue weighted by Gasteiger charge is 2.27. The van der Waals surface area contributed by atoms with Crippen LogP contribution in [-0.4, -0.2) is 44.6 Å². The zero-order valence-electron chi connectivity index (χ0n) is 12.6. The third-order valence-electron chi connectivity index (χ3n) is 3.97. The van der Waals surface area contributed by atoms with E-state index in [-0.39, 0.29) is 18.4 Å². The summed E-state index contributed by atoms with van der Waals surface area (Å²) in [6.45, 7) is 3.83. The Bertz CT molecular complexity index is 574. The number of nitrogens with one attached hydrogen (secondary N) is 1. The van der Waals surface area contributed by atoms with Crippen LogP contribution in [0.15, 0.2) is 24.3 Å². The minimum atomic E-state index is -3.36. The van der Waals surface area contributed by atoms with Gasteiger partial charge in [-0.25, -0.2) is 13.1 Å². The van der Waals surface area contributed by atoms with Crippen LogP contribution in [0.5, 0.6) is 0 Å². The highest BCUT2D eigenvalue weighted by atomic mass is 32.2. The maximum atomic E-state index is 12.3. The van der Waals surface area contributed by atoms with Gasteiger partial charge in [0.2, 0.25) is 10.0 Å². The van der Waals surface area contributed by atoms with Crippen LogP contribution in [0.25, 0.3) is 0 Å². The fraction of sp³-hybridized carbons (Fsp3) is 0.600. The van der Waals surface area contributed by atoms with Crippen LogP contribution in [-0.2, 0) is 22.4 Å². The molecule has 1 aliphatic rings. The second-order valence-corrected chi connectivity index (χ2v) is 7.74. The summed E-state index contributed by atoms with van der Waals surface area (Å²) < 4.78 is 27.4. The highest BCUT2D eigenvalue weighted by Crippen LogP contribution is 2.17. The molecule has 2 atom stereocenters. The van der Waals surface area contributed by atoms with E-state index in [9.17, 15) is 8.42 Å². The van der Waals surface area contributed by atoms with E-state index in [1.54, 1.807) is 24.3 Å². The predicted molar refractivity (Wildman–Crippen MR) is 83.2 cm³/mol. The monoisotopic (exact) mass is 312 g/mol. The number of sulfonamides is 1. The van der Waals surface area contributed by atoms with Crippen molar-refractivity contribution in [2.24, 2.45) is 5.92 Å². The van der Waals surface area contributed by atoms with Crippen molar-refractivity contribution in [3.8, 4) is 0 Å². The van der Waals surface area contributed by atoms with Gasteiger partial charge in [-0.1, -0.05) is 31.2 Å². The maximum absolute atomic E-state index is 12.3. The number of hydrogen-bond donors (Lipinski definition) is 2. The molecule has 0 saturated carbocycles. The maximum Gasteiger partial charge on any atom is 0.216 e. The first-order valence-electron chi connectivity index (χ1n) is 7.27. The Morgan fingerprint density at radius 1 is 1.38 bits per heavy atom. The quantitative estimate of drug-likeness (QED) is 0.849. The third kappa shape index (κ3) is 4.78. The Labute approximate surface area is 127 Å². The smallest absolute Gasteiger partial charge is 0.216 e. The summed E-state index contributed by atoms with van der Waals surface area (Å²) in [5.41, 5.74) is 1.44. The normalized spacial score (nSPS) is 24.1. The van der Waals surface area contributed by atoms with Crippen molar-refractivity contribution >= 4 is 10.0 Å². The van der Waals surface area contributed by atoms with Crippen molar-refractivity contribution in [3.05, 3.63) is 35.4 Å². The van der Waals surface area contributed by atoms with Crippen LogP contribution in [0.3, 0.4) is 0 Å². The molecule has 1 saturated heterocycles. The fourth-order valence-corrected chi connectivity index (χ4v) is 4.35. The van der Waals surface area contributed by atoms with E-state index < -0.39 is 10.0 Å². The average Bonchev–Trinajstić information content (AvgIpc) is 2.41. The Kier molecular flexibility index (Phi) is 5.37. The summed E-state index contributed by atoms with van der Waals surface area (Å²) in [7, 11) is -1.30. The molecule has 118 valence electrons. The molecule has 2 rings (SSSR count). The molecule has 1 heterocycles. The zero-order valence-corrected chi connectivity index (χ0v) is 13.4. The van der Waals surface area contributed by atoms with Gasteiger partial charge < -0.3 is 10.0 Å². The summed E-state index contributed by atoms with van der Waals surface area (Å²) in [5, 5.41) is 9.11. The van der Waals surface area contributed by atoms with Crippen LogP contribution in [0, 0.1) is 5.92 Å². The molecule has 21 heavy (non-hydrogen) atoms. The van der Waals surface area contributed by atoms with Gasteiger partial charge in [-0.3, -0.25) is 0 Å². The van der Waals surface area contributed by atoms with Crippen molar-refractivity contribution in [1.29, 1.82) is 0 Å². The number of benzene rings is 1. The minimum Gasteiger partial charge on any atom is -0.392 e. The molecule has 1 fully saturated rings. The van der Waals surface area contributed by atoms with E-state index in [1.165, 1.54) is 0 Å². The van der Waals surface area contributed by atoms with Crippen LogP contribution >= 0.6 is 0 Å². The van der Waals surface area contributed by atoms with Gasteiger partial charge in [0.1, 0.15) is 0 Å². The fourth-order valence-electron chi connectivity index (χ4n) is 2.84. The van der Waals surface area contributed by atoms with Gasteiger partial charge in [-0.2, -0.15) is 0 Å². The predicted octanol–water partition coefficient (Wildman–Crippen LogP) is 0.938. The van der Waals surface area contributed by atoms with E-state index in [2.05, 4.69) is 23.6 Å². The molecule has 5 nitrogen and oxygen atoms in total. The minimum absolute atomic E-state index is 0.00669. The van der Waals surface area contributed by atoms with Crippen LogP contribution in [0.2, 0.25) is 0 Å². The number of piperidine rings is 1. The second-order valence-electron chi connectivity index (χ2n) is 5.99. The molecule has 0 radical (unpaired) electrons. The lowest BCUT2D eigenvalue weighted by atomic mass is 9.95. The summed E-state index contributed by atoms with van der Waals surface area (Å²) in [6.07, 6.45) is 0.841. The van der Waals surface area contributed by atoms with Gasteiger partial charge >= 0.3 is 0 Å². The SMILES string of the molecule is CC1CN(C)CCC1NS(=O)(=O)Cc1cccc(CO)c1. The van der Waals surface area contributed by atoms with Crippen molar-refractivity contribution in [1.82, 2.24) is 9.62 Å². The number of likely N-dealkylation sites (tertiary alicyclic amines) is 1. The summed E-state index contributed by atoms with van der Waals surface area (Å²) >= 11 is 0. The third-order valence-corrected chi connectivity index (χ3v) is 5.35. The van der Waals surface area contributed by atoms with E-state index in [0.29, 0.717) is 11.5 Å². The van der Waals surface area contributed by atoms with E-state index in [0.717, 1.165) is 25.1 Å². The summed E-state index contributed by atoms with van der Waals surface area (Å²) in [5.74, 6) is 0.266. The Balaban J connectivity index is 2.01. The molecule has 0 bridgehead atoms. The van der Waals surface area contributed by atoms with Gasteiger partial charge in [0.05, 0.1) is 12.4 Å². The lowest BCUT2D eigenvalue weighted by Crippen LogP contribution is -2.49. The first-order chi connectivity index (χ1) is 9.89. The van der Waals surface area contributed by atoms with Gasteiger partial charge in [-0.15, -0.1) is 0 Å². The zero-order chi connectivity index (χ0) is 15.5. The van der Waals surface area contributed by atoms with Gasteiger partial charge in [-0.05, 0) is 37.1 Å². The average molecular weight is 312 g/mol. The number of nitrogens with zero attached hydrogens (tertiary/aromatic N) is 1. The summed E-state index contributed by atoms with van der Waals surface area (Å²) in [4.78, 5) is 2.22. The molecule has 0 spiro atoms. The molecule has 0 aromatic heterocycles. The van der Waals surface area contributed by atoms with Gasteiger partial charge in [0.25, 0.3) is 0 Å². The molecule has 1 aromatic carbocycles. The molecule has 0 amide bonds. The van der Waals surface area contributed by atoms with Crippen molar-refractivity contribution in [3.63, 3.8) is 0 Å². The highest BCUT2D eigenvalue weighted by molar-refractivity contribution is 7.88. The van der Waals surface area contributed by atoms with E-state index in [1.807, 2.05) is 0 Å². The number of hydrogen-bond acceptors (Lipinski definition) is 4. The number of aliphatic hydroxyl groups excluding tert-OH is 1. The Hall–Kier alpha value is -0.950. The summed E-state index contributed by atoms with van der Waals surface area (Å²) in [6, 6.07) is 7.07. The molecule has 0 aliphatic carbocycles. The van der Waals surface area contributed by atoms with Gasteiger partial charge in [0.15, 0.2) is 0 Å². The van der Waals surface area contributed by atoms with E-state index in [4.69, 9.17) is 5.11 Å². The van der Waals surface area contributed by atoms with Gasteiger partial charge in [0, 0.05) is 12.6 Å². The number of aliphatic hydroxyl groups is 1. The topological polar surface area (TPSA) is 69.6 Å². The number of rotatable bonds is 5. The molecule has 2 N–H and O–H groups in total. The molecular formula is C15H24N2O3S. The Morgan fingerprint density at radius 2 is 2.10 bits per heavy atom. The Morgan fingerprint density at radius 3 is 2.76 bits per heavy atom. The molecular weight excluding hydrogens is 288 g/mol. The second kappa shape index (κ2) is 6.87. The van der Waals surface area contributed by atoms with Crippen LogP contribution < -0.4 is 4.72 Å². The first-order valence-corrected chi connectivity index (χ1v) is 8.92. The van der Waals surface area contributed by atoms with E-state index >= 15 is 0 Å². The first kappa shape index (κ1) is 16.4. The van der Waals surface area contributed by atoms with Crippen molar-refractivity contribution in [2.75, 3.05) is 20.1 Å². The lowest BCUT2D eigenvalue weighted by molar-refractivity contribution is 0.188. The van der Waals surface area contributed by atoms with Crippen LogP contribution in [0.1, 0.15) is 24.5 Å². The standard InChI is InChI=1S/C15H24N2O3S/c1-12-9-17(2)7-6-15(12)16-21(19,20)11-14-5-3-4-13(8-14)10-18/h3-5,8,12,15-16,18H,6-7,9-11H2,1-2H3. The van der Waals surface area contributed by atoms with Crippen molar-refractivity contribution < 1.29 is 13.5 Å². The molecule has 1 aliphatic heterocycles. The molecule has 1 aromatic rings.